The summed E-state index contributed by atoms with van der Waals surface area (Å²) in [4.78, 5) is 4.55. The molecule has 0 radical (unpaired) electrons. The molecule has 0 aliphatic heterocycles. The van der Waals surface area contributed by atoms with E-state index in [2.05, 4.69) is 11.9 Å². The first-order valence-electron chi connectivity index (χ1n) is 7.03. The van der Waals surface area contributed by atoms with Crippen LogP contribution >= 0.6 is 0 Å². The van der Waals surface area contributed by atoms with Gasteiger partial charge in [-0.3, -0.25) is 0 Å². The summed E-state index contributed by atoms with van der Waals surface area (Å²) in [5, 5.41) is 1.06. The summed E-state index contributed by atoms with van der Waals surface area (Å²) in [5.41, 5.74) is 7.47. The second kappa shape index (κ2) is 5.08. The van der Waals surface area contributed by atoms with Gasteiger partial charge in [0.2, 0.25) is 5.88 Å². The van der Waals surface area contributed by atoms with Gasteiger partial charge in [0.15, 0.2) is 0 Å². The van der Waals surface area contributed by atoms with Crippen molar-refractivity contribution in [1.29, 1.82) is 0 Å². The lowest BCUT2D eigenvalue weighted by molar-refractivity contribution is 0.130. The first-order chi connectivity index (χ1) is 9.20. The van der Waals surface area contributed by atoms with Crippen LogP contribution in [0.5, 0.6) is 5.88 Å². The molecule has 0 unspecified atom stereocenters. The summed E-state index contributed by atoms with van der Waals surface area (Å²) >= 11 is 0. The van der Waals surface area contributed by atoms with Crippen molar-refractivity contribution in [3.05, 3.63) is 30.3 Å². The molecule has 3 heteroatoms. The van der Waals surface area contributed by atoms with Gasteiger partial charge in [0.05, 0.1) is 5.52 Å². The van der Waals surface area contributed by atoms with Crippen molar-refractivity contribution in [2.24, 2.45) is 5.92 Å². The highest BCUT2D eigenvalue weighted by atomic mass is 16.5. The third-order valence-corrected chi connectivity index (χ3v) is 3.94. The average Bonchev–Trinajstić information content (AvgIpc) is 2.42. The Morgan fingerprint density at radius 1 is 1.11 bits per heavy atom. The predicted octanol–water partition coefficient (Wildman–Crippen LogP) is 3.77. The van der Waals surface area contributed by atoms with Gasteiger partial charge < -0.3 is 10.5 Å². The molecular weight excluding hydrogens is 236 g/mol. The van der Waals surface area contributed by atoms with Crippen molar-refractivity contribution in [2.75, 3.05) is 5.73 Å². The molecule has 0 saturated heterocycles. The molecule has 2 N–H and O–H groups in total. The molecule has 1 aliphatic carbocycles. The molecule has 0 bridgehead atoms. The molecule has 0 atom stereocenters. The highest BCUT2D eigenvalue weighted by molar-refractivity contribution is 5.82. The fraction of sp³-hybridized carbons (Fsp3) is 0.438. The fourth-order valence-electron chi connectivity index (χ4n) is 2.71. The van der Waals surface area contributed by atoms with E-state index in [1.54, 1.807) is 0 Å². The standard InChI is InChI=1S/C16H20N2O/c1-11-2-6-14(7-3-11)19-16-9-4-12-10-13(17)5-8-15(12)18-16/h4-5,8-11,14H,2-3,6-7,17H2,1H3. The number of fused-ring (bicyclic) bond motifs is 1. The number of nitrogens with two attached hydrogens (primary N) is 1. The van der Waals surface area contributed by atoms with Crippen LogP contribution in [0.3, 0.4) is 0 Å². The topological polar surface area (TPSA) is 48.1 Å². The molecule has 0 spiro atoms. The maximum absolute atomic E-state index is 6.00. The molecule has 1 aromatic carbocycles. The molecule has 100 valence electrons. The second-order valence-electron chi connectivity index (χ2n) is 5.60. The van der Waals surface area contributed by atoms with E-state index in [-0.39, 0.29) is 0 Å². The number of aromatic nitrogens is 1. The van der Waals surface area contributed by atoms with Gasteiger partial charge >= 0.3 is 0 Å². The van der Waals surface area contributed by atoms with Gasteiger partial charge in [-0.2, -0.15) is 0 Å². The lowest BCUT2D eigenvalue weighted by atomic mass is 9.89. The summed E-state index contributed by atoms with van der Waals surface area (Å²) in [7, 11) is 0. The van der Waals surface area contributed by atoms with Crippen molar-refractivity contribution >= 4 is 16.6 Å². The van der Waals surface area contributed by atoms with Crippen molar-refractivity contribution in [3.63, 3.8) is 0 Å². The van der Waals surface area contributed by atoms with Crippen LogP contribution in [-0.4, -0.2) is 11.1 Å². The highest BCUT2D eigenvalue weighted by Crippen LogP contribution is 2.27. The number of ether oxygens (including phenoxy) is 1. The van der Waals surface area contributed by atoms with Crippen LogP contribution in [0.4, 0.5) is 5.69 Å². The maximum Gasteiger partial charge on any atom is 0.214 e. The molecule has 1 aliphatic rings. The van der Waals surface area contributed by atoms with Gasteiger partial charge in [-0.15, -0.1) is 0 Å². The Morgan fingerprint density at radius 3 is 2.68 bits per heavy atom. The fourth-order valence-corrected chi connectivity index (χ4v) is 2.71. The van der Waals surface area contributed by atoms with Crippen LogP contribution in [0.15, 0.2) is 30.3 Å². The van der Waals surface area contributed by atoms with Crippen LogP contribution in [-0.2, 0) is 0 Å². The number of anilines is 1. The third-order valence-electron chi connectivity index (χ3n) is 3.94. The van der Waals surface area contributed by atoms with Gasteiger partial charge in [-0.1, -0.05) is 6.92 Å². The lowest BCUT2D eigenvalue weighted by Gasteiger charge is -2.26. The van der Waals surface area contributed by atoms with Crippen molar-refractivity contribution in [1.82, 2.24) is 4.98 Å². The average molecular weight is 256 g/mol. The quantitative estimate of drug-likeness (QED) is 0.832. The minimum atomic E-state index is 0.329. The van der Waals surface area contributed by atoms with Crippen molar-refractivity contribution in [3.8, 4) is 5.88 Å². The Balaban J connectivity index is 1.76. The smallest absolute Gasteiger partial charge is 0.214 e. The Morgan fingerprint density at radius 2 is 1.89 bits per heavy atom. The lowest BCUT2D eigenvalue weighted by Crippen LogP contribution is -2.23. The van der Waals surface area contributed by atoms with E-state index in [0.29, 0.717) is 6.10 Å². The molecule has 19 heavy (non-hydrogen) atoms. The molecule has 3 rings (SSSR count). The van der Waals surface area contributed by atoms with E-state index in [1.165, 1.54) is 12.8 Å². The SMILES string of the molecule is CC1CCC(Oc2ccc3cc(N)ccc3n2)CC1. The summed E-state index contributed by atoms with van der Waals surface area (Å²) in [6.07, 6.45) is 5.13. The van der Waals surface area contributed by atoms with Crippen molar-refractivity contribution in [2.45, 2.75) is 38.7 Å². The van der Waals surface area contributed by atoms with Gasteiger partial charge in [0, 0.05) is 17.1 Å². The Labute approximate surface area is 113 Å². The molecule has 0 amide bonds. The van der Waals surface area contributed by atoms with E-state index >= 15 is 0 Å². The summed E-state index contributed by atoms with van der Waals surface area (Å²) < 4.78 is 6.00. The molecule has 3 nitrogen and oxygen atoms in total. The number of hydrogen-bond acceptors (Lipinski definition) is 3. The molecule has 1 saturated carbocycles. The molecule has 1 aromatic heterocycles. The molecule has 1 heterocycles. The number of nitrogen functional groups attached to an aromatic ring is 1. The van der Waals surface area contributed by atoms with Gasteiger partial charge in [0.1, 0.15) is 6.10 Å². The monoisotopic (exact) mass is 256 g/mol. The maximum atomic E-state index is 6.00. The predicted molar refractivity (Wildman–Crippen MR) is 78.2 cm³/mol. The second-order valence-corrected chi connectivity index (χ2v) is 5.60. The summed E-state index contributed by atoms with van der Waals surface area (Å²) in [6, 6.07) is 9.73. The minimum Gasteiger partial charge on any atom is -0.474 e. The number of benzene rings is 1. The van der Waals surface area contributed by atoms with Gasteiger partial charge in [0.25, 0.3) is 0 Å². The van der Waals surface area contributed by atoms with E-state index in [1.807, 2.05) is 30.3 Å². The minimum absolute atomic E-state index is 0.329. The Hall–Kier alpha value is -1.77. The van der Waals surface area contributed by atoms with Crippen LogP contribution in [0.2, 0.25) is 0 Å². The largest absolute Gasteiger partial charge is 0.474 e. The molecular formula is C16H20N2O. The zero-order valence-corrected chi connectivity index (χ0v) is 11.3. The summed E-state index contributed by atoms with van der Waals surface area (Å²) in [6.45, 7) is 2.31. The van der Waals surface area contributed by atoms with Crippen molar-refractivity contribution < 1.29 is 4.74 Å². The van der Waals surface area contributed by atoms with Crippen LogP contribution in [0.1, 0.15) is 32.6 Å². The van der Waals surface area contributed by atoms with Gasteiger partial charge in [-0.05, 0) is 55.9 Å². The van der Waals surface area contributed by atoms with E-state index in [9.17, 15) is 0 Å². The third kappa shape index (κ3) is 2.80. The Kier molecular flexibility index (Phi) is 3.28. The van der Waals surface area contributed by atoms with Gasteiger partial charge in [-0.25, -0.2) is 4.98 Å². The first kappa shape index (κ1) is 12.3. The number of rotatable bonds is 2. The zero-order valence-electron chi connectivity index (χ0n) is 11.3. The van der Waals surface area contributed by atoms with Crippen LogP contribution in [0.25, 0.3) is 10.9 Å². The van der Waals surface area contributed by atoms with E-state index < -0.39 is 0 Å². The first-order valence-corrected chi connectivity index (χ1v) is 7.03. The summed E-state index contributed by atoms with van der Waals surface area (Å²) in [5.74, 6) is 1.57. The van der Waals surface area contributed by atoms with Crippen LogP contribution < -0.4 is 10.5 Å². The van der Waals surface area contributed by atoms with E-state index in [4.69, 9.17) is 10.5 Å². The Bertz CT molecular complexity index is 574. The highest BCUT2D eigenvalue weighted by Gasteiger charge is 2.19. The zero-order chi connectivity index (χ0) is 13.2. The molecule has 2 aromatic rings. The van der Waals surface area contributed by atoms with E-state index in [0.717, 1.165) is 41.2 Å². The number of nitrogens with zero attached hydrogens (tertiary/aromatic N) is 1. The normalized spacial score (nSPS) is 23.4. The van der Waals surface area contributed by atoms with Crippen LogP contribution in [0, 0.1) is 5.92 Å². The number of hydrogen-bond donors (Lipinski definition) is 1. The molecule has 1 fully saturated rings. The number of pyridine rings is 1.